The summed E-state index contributed by atoms with van der Waals surface area (Å²) in [6, 6.07) is 0. The topological polar surface area (TPSA) is 60.9 Å². The van der Waals surface area contributed by atoms with Gasteiger partial charge in [0.2, 0.25) is 5.91 Å². The minimum absolute atomic E-state index is 0.00604. The van der Waals surface area contributed by atoms with Gasteiger partial charge in [0.15, 0.2) is 0 Å². The maximum atomic E-state index is 11.8. The van der Waals surface area contributed by atoms with Gasteiger partial charge < -0.3 is 10.0 Å². The molecule has 0 aromatic carbocycles. The van der Waals surface area contributed by atoms with Gasteiger partial charge in [-0.3, -0.25) is 14.5 Å². The van der Waals surface area contributed by atoms with Crippen LogP contribution in [0.3, 0.4) is 0 Å². The lowest BCUT2D eigenvalue weighted by Crippen LogP contribution is -2.53. The van der Waals surface area contributed by atoms with Gasteiger partial charge >= 0.3 is 5.97 Å². The van der Waals surface area contributed by atoms with E-state index in [-0.39, 0.29) is 12.5 Å². The van der Waals surface area contributed by atoms with Crippen LogP contribution in [-0.2, 0) is 9.59 Å². The van der Waals surface area contributed by atoms with E-state index in [2.05, 4.69) is 0 Å². The van der Waals surface area contributed by atoms with Gasteiger partial charge in [-0.15, -0.1) is 0 Å². The molecule has 98 valence electrons. The smallest absolute Gasteiger partial charge is 0.324 e. The highest BCUT2D eigenvalue weighted by molar-refractivity contribution is 5.82. The summed E-state index contributed by atoms with van der Waals surface area (Å²) in [7, 11) is 1.74. The molecular weight excluding hydrogens is 220 g/mol. The summed E-state index contributed by atoms with van der Waals surface area (Å²) in [6.07, 6.45) is 2.04. The van der Waals surface area contributed by atoms with E-state index in [4.69, 9.17) is 0 Å². The SMILES string of the molecule is CCN(C)C(=O)CN1CCCC1(CC)C(=O)O. The molecule has 0 bridgehead atoms. The predicted octanol–water partition coefficient (Wildman–Crippen LogP) is 0.794. The number of carboxylic acid groups (broad SMARTS) is 1. The Bertz CT molecular complexity index is 306. The van der Waals surface area contributed by atoms with Crippen LogP contribution in [0.2, 0.25) is 0 Å². The summed E-state index contributed by atoms with van der Waals surface area (Å²) in [5, 5.41) is 9.38. The second kappa shape index (κ2) is 5.49. The average Bonchev–Trinajstić information content (AvgIpc) is 2.71. The van der Waals surface area contributed by atoms with Crippen molar-refractivity contribution in [2.75, 3.05) is 26.7 Å². The number of carbonyl (C=O) groups is 2. The first-order valence-electron chi connectivity index (χ1n) is 6.20. The van der Waals surface area contributed by atoms with Crippen LogP contribution in [0, 0.1) is 0 Å². The second-order valence-electron chi connectivity index (χ2n) is 4.62. The Morgan fingerprint density at radius 3 is 2.53 bits per heavy atom. The van der Waals surface area contributed by atoms with Crippen LogP contribution in [0.5, 0.6) is 0 Å². The number of hydrogen-bond acceptors (Lipinski definition) is 3. The molecule has 5 heteroatoms. The number of hydrogen-bond donors (Lipinski definition) is 1. The molecule has 1 atom stereocenters. The van der Waals surface area contributed by atoms with Gasteiger partial charge in [-0.05, 0) is 32.7 Å². The summed E-state index contributed by atoms with van der Waals surface area (Å²) < 4.78 is 0. The van der Waals surface area contributed by atoms with Crippen LogP contribution in [-0.4, -0.2) is 59.0 Å². The maximum absolute atomic E-state index is 11.8. The minimum Gasteiger partial charge on any atom is -0.480 e. The maximum Gasteiger partial charge on any atom is 0.324 e. The molecule has 0 spiro atoms. The molecule has 0 aromatic heterocycles. The van der Waals surface area contributed by atoms with Crippen molar-refractivity contribution in [3.05, 3.63) is 0 Å². The van der Waals surface area contributed by atoms with Crippen molar-refractivity contribution in [2.24, 2.45) is 0 Å². The van der Waals surface area contributed by atoms with E-state index >= 15 is 0 Å². The highest BCUT2D eigenvalue weighted by Gasteiger charge is 2.46. The lowest BCUT2D eigenvalue weighted by atomic mass is 9.93. The van der Waals surface area contributed by atoms with Gasteiger partial charge in [-0.2, -0.15) is 0 Å². The standard InChI is InChI=1S/C12H22N2O3/c1-4-12(11(16)17)7-6-8-14(12)9-10(15)13(3)5-2/h4-9H2,1-3H3,(H,16,17). The molecule has 1 N–H and O–H groups in total. The zero-order valence-electron chi connectivity index (χ0n) is 10.9. The molecule has 0 saturated carbocycles. The van der Waals surface area contributed by atoms with E-state index in [0.717, 1.165) is 6.42 Å². The van der Waals surface area contributed by atoms with Gasteiger partial charge in [-0.25, -0.2) is 0 Å². The first kappa shape index (κ1) is 14.0. The van der Waals surface area contributed by atoms with Crippen LogP contribution in [0.4, 0.5) is 0 Å². The number of aliphatic carboxylic acids is 1. The average molecular weight is 242 g/mol. The van der Waals surface area contributed by atoms with Crippen molar-refractivity contribution < 1.29 is 14.7 Å². The number of rotatable bonds is 5. The first-order valence-corrected chi connectivity index (χ1v) is 6.20. The van der Waals surface area contributed by atoms with E-state index in [0.29, 0.717) is 25.9 Å². The summed E-state index contributed by atoms with van der Waals surface area (Å²) in [4.78, 5) is 26.7. The lowest BCUT2D eigenvalue weighted by Gasteiger charge is -2.34. The quantitative estimate of drug-likeness (QED) is 0.774. The van der Waals surface area contributed by atoms with Crippen molar-refractivity contribution in [2.45, 2.75) is 38.6 Å². The Balaban J connectivity index is 2.76. The Morgan fingerprint density at radius 2 is 2.06 bits per heavy atom. The summed E-state index contributed by atoms with van der Waals surface area (Å²) in [6.45, 7) is 5.35. The molecule has 1 fully saturated rings. The number of carboxylic acids is 1. The predicted molar refractivity (Wildman–Crippen MR) is 64.8 cm³/mol. The molecule has 1 saturated heterocycles. The molecule has 1 aliphatic rings. The molecule has 5 nitrogen and oxygen atoms in total. The number of likely N-dealkylation sites (tertiary alicyclic amines) is 1. The largest absolute Gasteiger partial charge is 0.480 e. The number of likely N-dealkylation sites (N-methyl/N-ethyl adjacent to an activating group) is 1. The molecule has 1 amide bonds. The van der Waals surface area contributed by atoms with Gasteiger partial charge in [0.05, 0.1) is 6.54 Å². The summed E-state index contributed by atoms with van der Waals surface area (Å²) in [5.41, 5.74) is -0.829. The fourth-order valence-corrected chi connectivity index (χ4v) is 2.42. The number of amides is 1. The molecule has 1 aliphatic heterocycles. The Kier molecular flexibility index (Phi) is 4.51. The third kappa shape index (κ3) is 2.60. The van der Waals surface area contributed by atoms with Crippen LogP contribution >= 0.6 is 0 Å². The number of nitrogens with zero attached hydrogens (tertiary/aromatic N) is 2. The van der Waals surface area contributed by atoms with Gasteiger partial charge in [-0.1, -0.05) is 6.92 Å². The van der Waals surface area contributed by atoms with Crippen molar-refractivity contribution in [3.8, 4) is 0 Å². The van der Waals surface area contributed by atoms with Crippen LogP contribution in [0.1, 0.15) is 33.1 Å². The van der Waals surface area contributed by atoms with Crippen molar-refractivity contribution in [3.63, 3.8) is 0 Å². The van der Waals surface area contributed by atoms with Gasteiger partial charge in [0.1, 0.15) is 5.54 Å². The first-order chi connectivity index (χ1) is 7.97. The molecule has 1 rings (SSSR count). The molecule has 17 heavy (non-hydrogen) atoms. The zero-order valence-corrected chi connectivity index (χ0v) is 10.9. The van der Waals surface area contributed by atoms with E-state index in [9.17, 15) is 14.7 Å². The van der Waals surface area contributed by atoms with Crippen LogP contribution in [0.25, 0.3) is 0 Å². The van der Waals surface area contributed by atoms with E-state index in [1.165, 1.54) is 0 Å². The van der Waals surface area contributed by atoms with Crippen molar-refractivity contribution >= 4 is 11.9 Å². The molecule has 1 heterocycles. The highest BCUT2D eigenvalue weighted by Crippen LogP contribution is 2.32. The van der Waals surface area contributed by atoms with E-state index in [1.54, 1.807) is 11.9 Å². The monoisotopic (exact) mass is 242 g/mol. The third-order valence-electron chi connectivity index (χ3n) is 3.83. The lowest BCUT2D eigenvalue weighted by molar-refractivity contribution is -0.151. The molecular formula is C12H22N2O3. The van der Waals surface area contributed by atoms with E-state index < -0.39 is 11.5 Å². The minimum atomic E-state index is -0.829. The fraction of sp³-hybridized carbons (Fsp3) is 0.833. The normalized spacial score (nSPS) is 24.9. The van der Waals surface area contributed by atoms with Crippen LogP contribution < -0.4 is 0 Å². The molecule has 1 unspecified atom stereocenters. The second-order valence-corrected chi connectivity index (χ2v) is 4.62. The van der Waals surface area contributed by atoms with Gasteiger partial charge in [0.25, 0.3) is 0 Å². The Labute approximate surface area is 102 Å². The van der Waals surface area contributed by atoms with Gasteiger partial charge in [0, 0.05) is 13.6 Å². The Hall–Kier alpha value is -1.10. The van der Waals surface area contributed by atoms with Crippen LogP contribution in [0.15, 0.2) is 0 Å². The highest BCUT2D eigenvalue weighted by atomic mass is 16.4. The summed E-state index contributed by atoms with van der Waals surface area (Å²) in [5.74, 6) is -0.807. The molecule has 0 radical (unpaired) electrons. The van der Waals surface area contributed by atoms with E-state index in [1.807, 2.05) is 18.7 Å². The summed E-state index contributed by atoms with van der Waals surface area (Å²) >= 11 is 0. The van der Waals surface area contributed by atoms with Crippen molar-refractivity contribution in [1.82, 2.24) is 9.80 Å². The number of carbonyl (C=O) groups excluding carboxylic acids is 1. The zero-order chi connectivity index (χ0) is 13.1. The van der Waals surface area contributed by atoms with Crippen molar-refractivity contribution in [1.29, 1.82) is 0 Å². The fourth-order valence-electron chi connectivity index (χ4n) is 2.42. The molecule has 0 aliphatic carbocycles. The molecule has 0 aromatic rings. The third-order valence-corrected chi connectivity index (χ3v) is 3.83. The Morgan fingerprint density at radius 1 is 1.41 bits per heavy atom.